The minimum absolute atomic E-state index is 0.0113. The number of carbonyl (C=O) groups excluding carboxylic acids is 1. The highest BCUT2D eigenvalue weighted by Crippen LogP contribution is 2.10. The van der Waals surface area contributed by atoms with Crippen molar-refractivity contribution in [3.63, 3.8) is 0 Å². The van der Waals surface area contributed by atoms with Crippen LogP contribution in [0, 0.1) is 5.92 Å². The van der Waals surface area contributed by atoms with Gasteiger partial charge in [-0.1, -0.05) is 20.3 Å². The Kier molecular flexibility index (Phi) is 8.07. The second-order valence-corrected chi connectivity index (χ2v) is 5.92. The Balaban J connectivity index is 2.05. The molecule has 0 saturated carbocycles. The van der Waals surface area contributed by atoms with Crippen molar-refractivity contribution in [3.05, 3.63) is 0 Å². The lowest BCUT2D eigenvalue weighted by Gasteiger charge is -2.23. The Labute approximate surface area is 117 Å². The molecule has 1 fully saturated rings. The zero-order valence-electron chi connectivity index (χ0n) is 12.7. The van der Waals surface area contributed by atoms with Gasteiger partial charge in [-0.3, -0.25) is 4.79 Å². The molecule has 0 aromatic heterocycles. The fraction of sp³-hybridized carbons (Fsp3) is 0.933. The molecule has 2 N–H and O–H groups in total. The summed E-state index contributed by atoms with van der Waals surface area (Å²) in [5.41, 5.74) is 0. The first kappa shape index (κ1) is 16.4. The van der Waals surface area contributed by atoms with Crippen LogP contribution in [0.25, 0.3) is 0 Å². The quantitative estimate of drug-likeness (QED) is 0.710. The number of hydrogen-bond acceptors (Lipinski definition) is 3. The van der Waals surface area contributed by atoms with E-state index in [4.69, 9.17) is 4.74 Å². The first-order chi connectivity index (χ1) is 9.09. The van der Waals surface area contributed by atoms with Crippen molar-refractivity contribution in [2.75, 3.05) is 19.7 Å². The van der Waals surface area contributed by atoms with Gasteiger partial charge >= 0.3 is 0 Å². The standard InChI is InChI=1S/C15H30N2O2/c1-12(2)7-10-17-15(18)13(3)19-11-8-14-6-4-5-9-16-14/h12-14,16H,4-11H2,1-3H3,(H,17,18). The SMILES string of the molecule is CC(C)CCNC(=O)C(C)OCCC1CCCCN1. The smallest absolute Gasteiger partial charge is 0.248 e. The van der Waals surface area contributed by atoms with Crippen LogP contribution in [-0.4, -0.2) is 37.7 Å². The average Bonchev–Trinajstić information content (AvgIpc) is 2.39. The van der Waals surface area contributed by atoms with E-state index in [0.717, 1.165) is 25.9 Å². The molecule has 1 amide bonds. The predicted octanol–water partition coefficient (Wildman–Crippen LogP) is 2.09. The molecule has 1 saturated heterocycles. The fourth-order valence-corrected chi connectivity index (χ4v) is 2.26. The van der Waals surface area contributed by atoms with E-state index in [0.29, 0.717) is 18.6 Å². The van der Waals surface area contributed by atoms with E-state index >= 15 is 0 Å². The normalized spacial score (nSPS) is 21.4. The first-order valence-corrected chi connectivity index (χ1v) is 7.72. The summed E-state index contributed by atoms with van der Waals surface area (Å²) in [6.45, 7) is 8.67. The third-order valence-corrected chi connectivity index (χ3v) is 3.64. The Hall–Kier alpha value is -0.610. The van der Waals surface area contributed by atoms with Crippen LogP contribution < -0.4 is 10.6 Å². The molecular weight excluding hydrogens is 240 g/mol. The summed E-state index contributed by atoms with van der Waals surface area (Å²) < 4.78 is 5.61. The van der Waals surface area contributed by atoms with Crippen LogP contribution in [0.5, 0.6) is 0 Å². The molecule has 1 heterocycles. The van der Waals surface area contributed by atoms with Crippen LogP contribution >= 0.6 is 0 Å². The second kappa shape index (κ2) is 9.32. The Bertz CT molecular complexity index is 251. The zero-order chi connectivity index (χ0) is 14.1. The number of nitrogens with one attached hydrogen (secondary N) is 2. The molecule has 19 heavy (non-hydrogen) atoms. The topological polar surface area (TPSA) is 50.4 Å². The van der Waals surface area contributed by atoms with E-state index < -0.39 is 0 Å². The fourth-order valence-electron chi connectivity index (χ4n) is 2.26. The van der Waals surface area contributed by atoms with Gasteiger partial charge in [0.1, 0.15) is 6.10 Å². The largest absolute Gasteiger partial charge is 0.369 e. The average molecular weight is 270 g/mol. The van der Waals surface area contributed by atoms with E-state index in [2.05, 4.69) is 24.5 Å². The summed E-state index contributed by atoms with van der Waals surface area (Å²) in [7, 11) is 0. The van der Waals surface area contributed by atoms with Gasteiger partial charge in [0.05, 0.1) is 0 Å². The van der Waals surface area contributed by atoms with E-state index in [1.54, 1.807) is 0 Å². The van der Waals surface area contributed by atoms with Crippen molar-refractivity contribution in [2.24, 2.45) is 5.92 Å². The van der Waals surface area contributed by atoms with Gasteiger partial charge in [0.2, 0.25) is 5.91 Å². The van der Waals surface area contributed by atoms with Crippen molar-refractivity contribution in [1.82, 2.24) is 10.6 Å². The highest BCUT2D eigenvalue weighted by Gasteiger charge is 2.15. The molecular formula is C15H30N2O2. The third-order valence-electron chi connectivity index (χ3n) is 3.64. The van der Waals surface area contributed by atoms with E-state index in [-0.39, 0.29) is 12.0 Å². The maximum atomic E-state index is 11.8. The molecule has 0 aliphatic carbocycles. The van der Waals surface area contributed by atoms with Gasteiger partial charge in [-0.25, -0.2) is 0 Å². The Morgan fingerprint density at radius 2 is 2.16 bits per heavy atom. The van der Waals surface area contributed by atoms with Gasteiger partial charge in [-0.05, 0) is 45.1 Å². The summed E-state index contributed by atoms with van der Waals surface area (Å²) in [5, 5.41) is 6.41. The van der Waals surface area contributed by atoms with E-state index in [1.165, 1.54) is 19.3 Å². The van der Waals surface area contributed by atoms with Crippen molar-refractivity contribution < 1.29 is 9.53 Å². The molecule has 4 heteroatoms. The molecule has 0 radical (unpaired) electrons. The molecule has 0 bridgehead atoms. The van der Waals surface area contributed by atoms with Crippen LogP contribution in [0.1, 0.15) is 52.9 Å². The van der Waals surface area contributed by atoms with Crippen LogP contribution in [0.15, 0.2) is 0 Å². The third kappa shape index (κ3) is 7.53. The monoisotopic (exact) mass is 270 g/mol. The predicted molar refractivity (Wildman–Crippen MR) is 78.1 cm³/mol. The molecule has 2 atom stereocenters. The minimum Gasteiger partial charge on any atom is -0.369 e. The molecule has 1 aliphatic heterocycles. The number of hydrogen-bond donors (Lipinski definition) is 2. The van der Waals surface area contributed by atoms with Crippen LogP contribution in [0.3, 0.4) is 0 Å². The summed E-state index contributed by atoms with van der Waals surface area (Å²) in [4.78, 5) is 11.8. The van der Waals surface area contributed by atoms with Gasteiger partial charge in [0.15, 0.2) is 0 Å². The van der Waals surface area contributed by atoms with Crippen molar-refractivity contribution in [1.29, 1.82) is 0 Å². The summed E-state index contributed by atoms with van der Waals surface area (Å²) in [6.07, 6.45) is 5.51. The van der Waals surface area contributed by atoms with Gasteiger partial charge in [-0.15, -0.1) is 0 Å². The van der Waals surface area contributed by atoms with Crippen LogP contribution in [0.2, 0.25) is 0 Å². The molecule has 0 spiro atoms. The summed E-state index contributed by atoms with van der Waals surface area (Å²) in [6, 6.07) is 0.574. The molecule has 0 aromatic rings. The highest BCUT2D eigenvalue weighted by atomic mass is 16.5. The number of piperidine rings is 1. The highest BCUT2D eigenvalue weighted by molar-refractivity contribution is 5.80. The van der Waals surface area contributed by atoms with Crippen molar-refractivity contribution >= 4 is 5.91 Å². The van der Waals surface area contributed by atoms with Crippen LogP contribution in [0.4, 0.5) is 0 Å². The summed E-state index contributed by atoms with van der Waals surface area (Å²) in [5.74, 6) is 0.631. The van der Waals surface area contributed by atoms with E-state index in [1.807, 2.05) is 6.92 Å². The lowest BCUT2D eigenvalue weighted by atomic mass is 10.0. The zero-order valence-corrected chi connectivity index (χ0v) is 12.7. The molecule has 1 rings (SSSR count). The number of carbonyl (C=O) groups is 1. The number of ether oxygens (including phenoxy) is 1. The maximum absolute atomic E-state index is 11.8. The molecule has 112 valence electrons. The minimum atomic E-state index is -0.337. The van der Waals surface area contributed by atoms with Gasteiger partial charge in [-0.2, -0.15) is 0 Å². The molecule has 2 unspecified atom stereocenters. The Morgan fingerprint density at radius 1 is 1.37 bits per heavy atom. The van der Waals surface area contributed by atoms with Crippen molar-refractivity contribution in [2.45, 2.75) is 65.0 Å². The molecule has 0 aromatic carbocycles. The van der Waals surface area contributed by atoms with Gasteiger partial charge < -0.3 is 15.4 Å². The van der Waals surface area contributed by atoms with Gasteiger partial charge in [0.25, 0.3) is 0 Å². The van der Waals surface area contributed by atoms with Crippen LogP contribution in [-0.2, 0) is 9.53 Å². The lowest BCUT2D eigenvalue weighted by Crippen LogP contribution is -2.38. The Morgan fingerprint density at radius 3 is 2.79 bits per heavy atom. The molecule has 4 nitrogen and oxygen atoms in total. The second-order valence-electron chi connectivity index (χ2n) is 5.92. The lowest BCUT2D eigenvalue weighted by molar-refractivity contribution is -0.131. The van der Waals surface area contributed by atoms with Crippen molar-refractivity contribution in [3.8, 4) is 0 Å². The summed E-state index contributed by atoms with van der Waals surface area (Å²) >= 11 is 0. The van der Waals surface area contributed by atoms with E-state index in [9.17, 15) is 4.79 Å². The van der Waals surface area contributed by atoms with Gasteiger partial charge in [0, 0.05) is 19.2 Å². The first-order valence-electron chi connectivity index (χ1n) is 7.72. The number of amides is 1. The maximum Gasteiger partial charge on any atom is 0.248 e. The number of rotatable bonds is 8. The molecule has 1 aliphatic rings.